The van der Waals surface area contributed by atoms with Crippen molar-refractivity contribution in [1.29, 1.82) is 0 Å². The van der Waals surface area contributed by atoms with Gasteiger partial charge in [0.25, 0.3) is 0 Å². The van der Waals surface area contributed by atoms with Gasteiger partial charge < -0.3 is 9.47 Å². The molecule has 0 bridgehead atoms. The van der Waals surface area contributed by atoms with Gasteiger partial charge >= 0.3 is 0 Å². The van der Waals surface area contributed by atoms with E-state index in [1.165, 1.54) is 87.3 Å². The molecule has 0 spiro atoms. The second-order valence-corrected chi connectivity index (χ2v) is 13.7. The summed E-state index contributed by atoms with van der Waals surface area (Å²) in [5.41, 5.74) is 15.4. The number of benzene rings is 7. The van der Waals surface area contributed by atoms with E-state index in [0.29, 0.717) is 0 Å². The van der Waals surface area contributed by atoms with Crippen LogP contribution in [0.2, 0.25) is 0 Å². The van der Waals surface area contributed by atoms with Crippen molar-refractivity contribution in [3.63, 3.8) is 0 Å². The molecule has 0 N–H and O–H groups in total. The number of anilines is 2. The van der Waals surface area contributed by atoms with Crippen LogP contribution in [0, 0.1) is 0 Å². The highest BCUT2D eigenvalue weighted by molar-refractivity contribution is 8.00. The van der Waals surface area contributed by atoms with Crippen LogP contribution in [0.15, 0.2) is 168 Å². The van der Waals surface area contributed by atoms with Crippen LogP contribution in [0.1, 0.15) is 0 Å². The van der Waals surface area contributed by atoms with E-state index >= 15 is 0 Å². The Morgan fingerprint density at radius 3 is 1.94 bits per heavy atom. The van der Waals surface area contributed by atoms with Crippen molar-refractivity contribution in [3.05, 3.63) is 158 Å². The van der Waals surface area contributed by atoms with Crippen LogP contribution >= 0.6 is 11.8 Å². The summed E-state index contributed by atoms with van der Waals surface area (Å²) in [7, 11) is 2.18. The third-order valence-electron chi connectivity index (χ3n) is 10.0. The molecule has 0 aliphatic carbocycles. The predicted molar refractivity (Wildman–Crippen MR) is 201 cm³/mol. The topological polar surface area (TPSA) is 8.17 Å². The molecule has 0 amide bonds. The van der Waals surface area contributed by atoms with Crippen molar-refractivity contribution >= 4 is 68.0 Å². The number of hydrogen-bond acceptors (Lipinski definition) is 2. The molecule has 2 aliphatic heterocycles. The fourth-order valence-corrected chi connectivity index (χ4v) is 9.02. The Kier molecular flexibility index (Phi) is 5.85. The summed E-state index contributed by atoms with van der Waals surface area (Å²) >= 11 is 1.91. The minimum absolute atomic E-state index is 0.144. The van der Waals surface area contributed by atoms with Crippen LogP contribution in [-0.4, -0.2) is 18.3 Å². The molecule has 2 nitrogen and oxygen atoms in total. The summed E-state index contributed by atoms with van der Waals surface area (Å²) in [6.45, 7) is 0.144. The molecule has 3 heterocycles. The van der Waals surface area contributed by atoms with Crippen molar-refractivity contribution in [2.45, 2.75) is 9.79 Å². The fraction of sp³-hybridized carbons (Fsp3) is 0.0233. The number of para-hydroxylation sites is 1. The van der Waals surface area contributed by atoms with E-state index in [9.17, 15) is 0 Å². The number of rotatable bonds is 4. The molecule has 0 atom stereocenters. The Labute approximate surface area is 279 Å². The molecule has 0 saturated heterocycles. The first-order valence-corrected chi connectivity index (χ1v) is 17.0. The molecule has 0 fully saturated rings. The van der Waals surface area contributed by atoms with Crippen LogP contribution in [-0.2, 0) is 0 Å². The van der Waals surface area contributed by atoms with E-state index in [1.54, 1.807) is 0 Å². The maximum absolute atomic E-state index is 2.57. The van der Waals surface area contributed by atoms with E-state index in [-0.39, 0.29) is 6.71 Å². The third-order valence-corrected chi connectivity index (χ3v) is 11.2. The van der Waals surface area contributed by atoms with Crippen molar-refractivity contribution < 1.29 is 0 Å². The van der Waals surface area contributed by atoms with E-state index < -0.39 is 0 Å². The molecule has 0 unspecified atom stereocenters. The first-order valence-electron chi connectivity index (χ1n) is 16.2. The summed E-state index contributed by atoms with van der Waals surface area (Å²) in [5, 5.41) is 2.59. The van der Waals surface area contributed by atoms with Gasteiger partial charge in [-0.3, -0.25) is 0 Å². The molecule has 0 saturated carbocycles. The van der Waals surface area contributed by atoms with E-state index in [4.69, 9.17) is 0 Å². The van der Waals surface area contributed by atoms with E-state index in [2.05, 4.69) is 174 Å². The molecule has 220 valence electrons. The molecule has 47 heavy (non-hydrogen) atoms. The predicted octanol–water partition coefficient (Wildman–Crippen LogP) is 9.18. The van der Waals surface area contributed by atoms with E-state index in [1.807, 2.05) is 11.8 Å². The SMILES string of the molecule is CN(c1ccccc1)c1cc2c3c(c1)-n1c4ccc(-c5ccccc5)cc4c4cc(-c5ccccc5)cc(c41)B3c1ccccc1S2. The van der Waals surface area contributed by atoms with Crippen molar-refractivity contribution in [1.82, 2.24) is 4.57 Å². The smallest absolute Gasteiger partial charge is 0.249 e. The first kappa shape index (κ1) is 26.7. The molecular weight excluding hydrogens is 587 g/mol. The highest BCUT2D eigenvalue weighted by Crippen LogP contribution is 2.43. The van der Waals surface area contributed by atoms with Gasteiger partial charge in [0, 0.05) is 50.2 Å². The number of hydrogen-bond donors (Lipinski definition) is 0. The Balaban J connectivity index is 1.34. The minimum Gasteiger partial charge on any atom is -0.345 e. The minimum atomic E-state index is 0.144. The fourth-order valence-electron chi connectivity index (χ4n) is 7.82. The van der Waals surface area contributed by atoms with Crippen LogP contribution in [0.5, 0.6) is 0 Å². The molecule has 10 rings (SSSR count). The maximum Gasteiger partial charge on any atom is 0.249 e. The second kappa shape index (κ2) is 10.3. The summed E-state index contributed by atoms with van der Waals surface area (Å²) in [5.74, 6) is 0. The Morgan fingerprint density at radius 2 is 1.17 bits per heavy atom. The van der Waals surface area contributed by atoms with Gasteiger partial charge in [-0.1, -0.05) is 126 Å². The zero-order valence-corrected chi connectivity index (χ0v) is 26.7. The van der Waals surface area contributed by atoms with Crippen LogP contribution in [0.4, 0.5) is 11.4 Å². The molecular formula is C43H29BN2S. The summed E-state index contributed by atoms with van der Waals surface area (Å²) in [6, 6.07) is 58.1. The van der Waals surface area contributed by atoms with Gasteiger partial charge in [-0.25, -0.2) is 0 Å². The van der Waals surface area contributed by atoms with Gasteiger partial charge in [0.05, 0.1) is 5.52 Å². The Bertz CT molecular complexity index is 2500. The third kappa shape index (κ3) is 4.01. The van der Waals surface area contributed by atoms with E-state index in [0.717, 1.165) is 0 Å². The highest BCUT2D eigenvalue weighted by atomic mass is 32.2. The average Bonchev–Trinajstić information content (AvgIpc) is 3.47. The lowest BCUT2D eigenvalue weighted by Crippen LogP contribution is -2.58. The molecule has 0 radical (unpaired) electrons. The molecule has 2 aliphatic rings. The largest absolute Gasteiger partial charge is 0.345 e. The van der Waals surface area contributed by atoms with Crippen molar-refractivity contribution in [2.24, 2.45) is 0 Å². The molecule has 7 aromatic carbocycles. The van der Waals surface area contributed by atoms with Gasteiger partial charge in [0.2, 0.25) is 6.71 Å². The van der Waals surface area contributed by atoms with Gasteiger partial charge in [-0.05, 0) is 81.7 Å². The lowest BCUT2D eigenvalue weighted by atomic mass is 9.35. The number of aromatic nitrogens is 1. The second-order valence-electron chi connectivity index (χ2n) is 12.6. The van der Waals surface area contributed by atoms with Crippen LogP contribution in [0.3, 0.4) is 0 Å². The quantitative estimate of drug-likeness (QED) is 0.182. The van der Waals surface area contributed by atoms with Crippen LogP contribution in [0.25, 0.3) is 49.7 Å². The zero-order chi connectivity index (χ0) is 31.1. The summed E-state index contributed by atoms with van der Waals surface area (Å²) in [4.78, 5) is 4.98. The lowest BCUT2D eigenvalue weighted by molar-refractivity contribution is 1.14. The van der Waals surface area contributed by atoms with Gasteiger partial charge in [-0.2, -0.15) is 0 Å². The number of nitrogens with zero attached hydrogens (tertiary/aromatic N) is 2. The summed E-state index contributed by atoms with van der Waals surface area (Å²) < 4.78 is 2.57. The molecule has 4 heteroatoms. The maximum atomic E-state index is 2.57. The summed E-state index contributed by atoms with van der Waals surface area (Å²) in [6.07, 6.45) is 0. The van der Waals surface area contributed by atoms with Crippen LogP contribution < -0.4 is 21.3 Å². The average molecular weight is 617 g/mol. The standard InChI is InChI=1S/C43H29BN2S/c1-45(32-17-9-4-10-18-32)33-26-39-42-41(27-33)47-40-20-12-11-19-36(40)44(42)37-25-31(29-15-7-3-8-16-29)24-35-34-23-30(28-13-5-2-6-14-28)21-22-38(34)46(39)43(35)37/h2-27H,1H3. The Hall–Kier alpha value is -5.45. The first-order chi connectivity index (χ1) is 23.2. The lowest BCUT2D eigenvalue weighted by Gasteiger charge is -2.35. The Morgan fingerprint density at radius 1 is 0.511 bits per heavy atom. The molecule has 8 aromatic rings. The van der Waals surface area contributed by atoms with Gasteiger partial charge in [0.1, 0.15) is 0 Å². The molecule has 1 aromatic heterocycles. The zero-order valence-electron chi connectivity index (χ0n) is 25.9. The van der Waals surface area contributed by atoms with Gasteiger partial charge in [-0.15, -0.1) is 0 Å². The van der Waals surface area contributed by atoms with Crippen molar-refractivity contribution in [3.8, 4) is 27.9 Å². The number of fused-ring (bicyclic) bond motifs is 7. The van der Waals surface area contributed by atoms with Crippen molar-refractivity contribution in [2.75, 3.05) is 11.9 Å². The highest BCUT2D eigenvalue weighted by Gasteiger charge is 2.40. The monoisotopic (exact) mass is 616 g/mol. The van der Waals surface area contributed by atoms with Gasteiger partial charge in [0.15, 0.2) is 0 Å². The normalized spacial score (nSPS) is 12.7.